The zero-order chi connectivity index (χ0) is 23.2. The predicted octanol–water partition coefficient (Wildman–Crippen LogP) is 6.82. The van der Waals surface area contributed by atoms with Crippen molar-refractivity contribution in [1.29, 1.82) is 0 Å². The molecule has 0 fully saturated rings. The van der Waals surface area contributed by atoms with Crippen LogP contribution in [0.25, 0.3) is 11.3 Å². The molecular weight excluding hydrogens is 467 g/mol. The van der Waals surface area contributed by atoms with E-state index in [-0.39, 0.29) is 11.2 Å². The van der Waals surface area contributed by atoms with Gasteiger partial charge in [0, 0.05) is 10.4 Å². The fourth-order valence-corrected chi connectivity index (χ4v) is 5.73. The normalized spacial score (nSPS) is 16.0. The Hall–Kier alpha value is -2.28. The average molecular weight is 491 g/mol. The van der Waals surface area contributed by atoms with Gasteiger partial charge >= 0.3 is 0 Å². The summed E-state index contributed by atoms with van der Waals surface area (Å²) in [6.07, 6.45) is 2.65. The Morgan fingerprint density at radius 3 is 2.56 bits per heavy atom. The SMILES string of the molecule is CC(C)(C)C1CCc2c(sc(NC(=O)c3ccc(-c4ccc(Cl)c(Cl)c4)o3)c2C(N)=O)C1. The maximum Gasteiger partial charge on any atom is 0.292 e. The Morgan fingerprint density at radius 1 is 1.16 bits per heavy atom. The lowest BCUT2D eigenvalue weighted by molar-refractivity contribution is 0.0997. The lowest BCUT2D eigenvalue weighted by atomic mass is 9.72. The summed E-state index contributed by atoms with van der Waals surface area (Å²) in [7, 11) is 0. The molecule has 0 radical (unpaired) electrons. The fraction of sp³-hybridized carbons (Fsp3) is 0.333. The summed E-state index contributed by atoms with van der Waals surface area (Å²) in [6.45, 7) is 6.70. The Labute approximate surface area is 200 Å². The molecule has 2 amide bonds. The molecule has 8 heteroatoms. The Bertz CT molecular complexity index is 1210. The minimum atomic E-state index is -0.525. The number of hydrogen-bond donors (Lipinski definition) is 2. The van der Waals surface area contributed by atoms with E-state index in [0.717, 1.165) is 29.7 Å². The minimum absolute atomic E-state index is 0.125. The summed E-state index contributed by atoms with van der Waals surface area (Å²) in [6, 6.07) is 8.38. The highest BCUT2D eigenvalue weighted by atomic mass is 35.5. The van der Waals surface area contributed by atoms with Crippen LogP contribution in [0.3, 0.4) is 0 Å². The molecule has 1 unspecified atom stereocenters. The zero-order valence-corrected chi connectivity index (χ0v) is 20.4. The first-order chi connectivity index (χ1) is 15.0. The van der Waals surface area contributed by atoms with Crippen LogP contribution < -0.4 is 11.1 Å². The van der Waals surface area contributed by atoms with Gasteiger partial charge in [-0.3, -0.25) is 9.59 Å². The van der Waals surface area contributed by atoms with Gasteiger partial charge in [-0.05, 0) is 66.5 Å². The Morgan fingerprint density at radius 2 is 1.91 bits per heavy atom. The third kappa shape index (κ3) is 4.45. The number of primary amides is 1. The van der Waals surface area contributed by atoms with E-state index in [0.29, 0.717) is 37.9 Å². The van der Waals surface area contributed by atoms with Crippen LogP contribution in [0.5, 0.6) is 0 Å². The van der Waals surface area contributed by atoms with E-state index >= 15 is 0 Å². The van der Waals surface area contributed by atoms with Crippen LogP contribution >= 0.6 is 34.5 Å². The highest BCUT2D eigenvalue weighted by Crippen LogP contribution is 2.44. The van der Waals surface area contributed by atoms with Crippen LogP contribution in [0.1, 0.15) is 58.5 Å². The third-order valence-electron chi connectivity index (χ3n) is 6.00. The van der Waals surface area contributed by atoms with Gasteiger partial charge in [-0.25, -0.2) is 0 Å². The molecule has 2 heterocycles. The predicted molar refractivity (Wildman–Crippen MR) is 130 cm³/mol. The van der Waals surface area contributed by atoms with Gasteiger partial charge in [-0.15, -0.1) is 11.3 Å². The number of carbonyl (C=O) groups is 2. The molecule has 1 atom stereocenters. The highest BCUT2D eigenvalue weighted by molar-refractivity contribution is 7.17. The highest BCUT2D eigenvalue weighted by Gasteiger charge is 2.33. The van der Waals surface area contributed by atoms with Crippen LogP contribution in [0, 0.1) is 11.3 Å². The number of anilines is 1. The minimum Gasteiger partial charge on any atom is -0.451 e. The lowest BCUT2D eigenvalue weighted by Gasteiger charge is -2.33. The quantitative estimate of drug-likeness (QED) is 0.420. The molecule has 1 aliphatic carbocycles. The van der Waals surface area contributed by atoms with Crippen LogP contribution in [0.4, 0.5) is 5.00 Å². The average Bonchev–Trinajstić information content (AvgIpc) is 3.33. The summed E-state index contributed by atoms with van der Waals surface area (Å²) in [5.41, 5.74) is 7.96. The first kappa shape index (κ1) is 22.9. The first-order valence-corrected chi connectivity index (χ1v) is 11.9. The number of benzene rings is 1. The van der Waals surface area contributed by atoms with Gasteiger partial charge in [-0.1, -0.05) is 44.0 Å². The number of thiophene rings is 1. The van der Waals surface area contributed by atoms with Gasteiger partial charge in [0.2, 0.25) is 0 Å². The van der Waals surface area contributed by atoms with E-state index in [4.69, 9.17) is 33.4 Å². The summed E-state index contributed by atoms with van der Waals surface area (Å²) in [5.74, 6) is 0.159. The van der Waals surface area contributed by atoms with Crippen LogP contribution in [0.2, 0.25) is 10.0 Å². The van der Waals surface area contributed by atoms with Crippen LogP contribution in [-0.4, -0.2) is 11.8 Å². The third-order valence-corrected chi connectivity index (χ3v) is 7.91. The van der Waals surface area contributed by atoms with E-state index in [9.17, 15) is 9.59 Å². The molecule has 2 aromatic heterocycles. The van der Waals surface area contributed by atoms with E-state index in [1.54, 1.807) is 30.3 Å². The molecule has 168 valence electrons. The molecule has 0 bridgehead atoms. The molecule has 3 aromatic rings. The molecule has 5 nitrogen and oxygen atoms in total. The molecule has 0 saturated carbocycles. The van der Waals surface area contributed by atoms with Crippen molar-refractivity contribution in [3.05, 3.63) is 62.1 Å². The number of halogens is 2. The van der Waals surface area contributed by atoms with Crippen molar-refractivity contribution in [3.63, 3.8) is 0 Å². The maximum absolute atomic E-state index is 12.9. The number of amides is 2. The van der Waals surface area contributed by atoms with Crippen molar-refractivity contribution in [2.45, 2.75) is 40.0 Å². The van der Waals surface area contributed by atoms with Crippen molar-refractivity contribution >= 4 is 51.4 Å². The molecule has 1 aliphatic rings. The van der Waals surface area contributed by atoms with Gasteiger partial charge in [0.1, 0.15) is 10.8 Å². The summed E-state index contributed by atoms with van der Waals surface area (Å²) in [4.78, 5) is 26.2. The molecule has 0 spiro atoms. The maximum atomic E-state index is 12.9. The molecule has 3 N–H and O–H groups in total. The lowest BCUT2D eigenvalue weighted by Crippen LogP contribution is -2.27. The smallest absolute Gasteiger partial charge is 0.292 e. The zero-order valence-electron chi connectivity index (χ0n) is 18.1. The standard InChI is InChI=1S/C24H24Cl2N2O3S/c1-24(2,3)13-5-6-14-19(11-13)32-23(20(14)21(27)29)28-22(30)18-9-8-17(31-18)12-4-7-15(25)16(26)10-12/h4,7-10,13H,5-6,11H2,1-3H3,(H2,27,29)(H,28,30). The van der Waals surface area contributed by atoms with Crippen LogP contribution in [-0.2, 0) is 12.8 Å². The molecule has 0 saturated heterocycles. The monoisotopic (exact) mass is 490 g/mol. The van der Waals surface area contributed by atoms with E-state index in [2.05, 4.69) is 26.1 Å². The van der Waals surface area contributed by atoms with Gasteiger partial charge in [0.05, 0.1) is 15.6 Å². The topological polar surface area (TPSA) is 85.3 Å². The number of nitrogens with one attached hydrogen (secondary N) is 1. The Balaban J connectivity index is 1.59. The van der Waals surface area contributed by atoms with Crippen molar-refractivity contribution in [1.82, 2.24) is 0 Å². The molecule has 4 rings (SSSR count). The number of rotatable bonds is 4. The second-order valence-electron chi connectivity index (χ2n) is 9.12. The molecular formula is C24H24Cl2N2O3S. The Kier molecular flexibility index (Phi) is 6.14. The molecule has 0 aliphatic heterocycles. The second-order valence-corrected chi connectivity index (χ2v) is 11.0. The summed E-state index contributed by atoms with van der Waals surface area (Å²) in [5, 5.41) is 4.16. The fourth-order valence-electron chi connectivity index (χ4n) is 4.10. The van der Waals surface area contributed by atoms with Gasteiger partial charge in [-0.2, -0.15) is 0 Å². The van der Waals surface area contributed by atoms with Gasteiger partial charge in [0.25, 0.3) is 11.8 Å². The van der Waals surface area contributed by atoms with Crippen molar-refractivity contribution < 1.29 is 14.0 Å². The van der Waals surface area contributed by atoms with E-state index < -0.39 is 11.8 Å². The van der Waals surface area contributed by atoms with E-state index in [1.165, 1.54) is 11.3 Å². The van der Waals surface area contributed by atoms with Crippen molar-refractivity contribution in [2.75, 3.05) is 5.32 Å². The van der Waals surface area contributed by atoms with Crippen molar-refractivity contribution in [3.8, 4) is 11.3 Å². The number of nitrogens with two attached hydrogens (primary N) is 1. The van der Waals surface area contributed by atoms with Gasteiger partial charge < -0.3 is 15.5 Å². The number of furan rings is 1. The van der Waals surface area contributed by atoms with E-state index in [1.807, 2.05) is 0 Å². The summed E-state index contributed by atoms with van der Waals surface area (Å²) < 4.78 is 5.74. The molecule has 32 heavy (non-hydrogen) atoms. The second kappa shape index (κ2) is 8.58. The number of hydrogen-bond acceptors (Lipinski definition) is 4. The first-order valence-electron chi connectivity index (χ1n) is 10.4. The number of carbonyl (C=O) groups excluding carboxylic acids is 2. The van der Waals surface area contributed by atoms with Gasteiger partial charge in [0.15, 0.2) is 5.76 Å². The largest absolute Gasteiger partial charge is 0.451 e. The van der Waals surface area contributed by atoms with Crippen molar-refractivity contribution in [2.24, 2.45) is 17.1 Å². The molecule has 1 aromatic carbocycles. The summed E-state index contributed by atoms with van der Waals surface area (Å²) >= 11 is 13.5. The number of fused-ring (bicyclic) bond motifs is 1. The van der Waals surface area contributed by atoms with Crippen LogP contribution in [0.15, 0.2) is 34.7 Å².